The number of ketones is 1. The van der Waals surface area contributed by atoms with Crippen LogP contribution in [0.5, 0.6) is 5.75 Å². The molecule has 0 aromatic heterocycles. The lowest BCUT2D eigenvalue weighted by Gasteiger charge is -2.18. The van der Waals surface area contributed by atoms with Crippen molar-refractivity contribution in [1.29, 1.82) is 0 Å². The van der Waals surface area contributed by atoms with Gasteiger partial charge in [-0.25, -0.2) is 0 Å². The topological polar surface area (TPSA) is 64.6 Å². The molecular weight excluding hydrogens is 246 g/mol. The number of hydrogen-bond donors (Lipinski definition) is 1. The van der Waals surface area contributed by atoms with Crippen LogP contribution in [0.15, 0.2) is 24.3 Å². The van der Waals surface area contributed by atoms with Crippen molar-refractivity contribution < 1.29 is 19.1 Å². The standard InChI is InChI=1S/C14H17NO4/c1-9(16)19-14-12(15-8-13(14)17)7-10-3-5-11(18-2)6-4-10/h3-6,12,14-15H,7-8H2,1-2H3. The predicted molar refractivity (Wildman–Crippen MR) is 69.0 cm³/mol. The van der Waals surface area contributed by atoms with Gasteiger partial charge in [0, 0.05) is 6.92 Å². The number of nitrogens with one attached hydrogen (secondary N) is 1. The fraction of sp³-hybridized carbons (Fsp3) is 0.429. The van der Waals surface area contributed by atoms with E-state index < -0.39 is 12.1 Å². The van der Waals surface area contributed by atoms with Crippen molar-refractivity contribution >= 4 is 11.8 Å². The molecule has 2 unspecified atom stereocenters. The molecule has 1 aliphatic heterocycles. The van der Waals surface area contributed by atoms with Gasteiger partial charge in [-0.05, 0) is 24.1 Å². The van der Waals surface area contributed by atoms with Gasteiger partial charge in [-0.2, -0.15) is 0 Å². The zero-order chi connectivity index (χ0) is 13.8. The first-order chi connectivity index (χ1) is 9.10. The van der Waals surface area contributed by atoms with Crippen molar-refractivity contribution in [3.05, 3.63) is 29.8 Å². The lowest BCUT2D eigenvalue weighted by molar-refractivity contribution is -0.151. The molecule has 1 aliphatic rings. The van der Waals surface area contributed by atoms with Gasteiger partial charge in [0.15, 0.2) is 11.9 Å². The lowest BCUT2D eigenvalue weighted by Crippen LogP contribution is -2.37. The van der Waals surface area contributed by atoms with E-state index in [1.807, 2.05) is 24.3 Å². The Bertz CT molecular complexity index is 469. The third-order valence-corrected chi connectivity index (χ3v) is 3.13. The minimum Gasteiger partial charge on any atom is -0.497 e. The van der Waals surface area contributed by atoms with Gasteiger partial charge in [0.2, 0.25) is 0 Å². The average molecular weight is 263 g/mol. The van der Waals surface area contributed by atoms with Crippen molar-refractivity contribution in [3.63, 3.8) is 0 Å². The maximum Gasteiger partial charge on any atom is 0.303 e. The second kappa shape index (κ2) is 5.84. The van der Waals surface area contributed by atoms with Crippen LogP contribution in [0.4, 0.5) is 0 Å². The van der Waals surface area contributed by atoms with E-state index in [-0.39, 0.29) is 18.4 Å². The normalized spacial score (nSPS) is 22.3. The van der Waals surface area contributed by atoms with E-state index in [4.69, 9.17) is 9.47 Å². The van der Waals surface area contributed by atoms with Gasteiger partial charge >= 0.3 is 5.97 Å². The number of rotatable bonds is 4. The van der Waals surface area contributed by atoms with Crippen LogP contribution < -0.4 is 10.1 Å². The second-order valence-electron chi connectivity index (χ2n) is 4.54. The Labute approximate surface area is 111 Å². The third-order valence-electron chi connectivity index (χ3n) is 3.13. The molecular formula is C14H17NO4. The van der Waals surface area contributed by atoms with Crippen molar-refractivity contribution in [1.82, 2.24) is 5.32 Å². The van der Waals surface area contributed by atoms with Gasteiger partial charge in [0.05, 0.1) is 19.7 Å². The largest absolute Gasteiger partial charge is 0.497 e. The van der Waals surface area contributed by atoms with Gasteiger partial charge in [0.1, 0.15) is 5.75 Å². The lowest BCUT2D eigenvalue weighted by atomic mass is 10.0. The number of carbonyl (C=O) groups is 2. The summed E-state index contributed by atoms with van der Waals surface area (Å²) in [7, 11) is 1.61. The summed E-state index contributed by atoms with van der Waals surface area (Å²) in [4.78, 5) is 22.7. The molecule has 1 aromatic carbocycles. The van der Waals surface area contributed by atoms with Gasteiger partial charge in [0.25, 0.3) is 0 Å². The second-order valence-corrected chi connectivity index (χ2v) is 4.54. The quantitative estimate of drug-likeness (QED) is 0.810. The number of benzene rings is 1. The van der Waals surface area contributed by atoms with Crippen LogP contribution in [0.2, 0.25) is 0 Å². The van der Waals surface area contributed by atoms with Gasteiger partial charge in [-0.15, -0.1) is 0 Å². The first kappa shape index (κ1) is 13.5. The van der Waals surface area contributed by atoms with Crippen LogP contribution in [0.1, 0.15) is 12.5 Å². The molecule has 1 fully saturated rings. The van der Waals surface area contributed by atoms with Crippen molar-refractivity contribution in [3.8, 4) is 5.75 Å². The SMILES string of the molecule is COc1ccc(CC2NCC(=O)C2OC(C)=O)cc1. The van der Waals surface area contributed by atoms with E-state index in [9.17, 15) is 9.59 Å². The fourth-order valence-electron chi connectivity index (χ4n) is 2.19. The Morgan fingerprint density at radius 2 is 2.05 bits per heavy atom. The number of hydrogen-bond acceptors (Lipinski definition) is 5. The Balaban J connectivity index is 2.04. The highest BCUT2D eigenvalue weighted by molar-refractivity contribution is 5.89. The van der Waals surface area contributed by atoms with E-state index in [1.165, 1.54) is 6.92 Å². The molecule has 5 heteroatoms. The number of methoxy groups -OCH3 is 1. The Hall–Kier alpha value is -1.88. The Morgan fingerprint density at radius 1 is 1.37 bits per heavy atom. The molecule has 19 heavy (non-hydrogen) atoms. The van der Waals surface area contributed by atoms with Crippen LogP contribution in [0, 0.1) is 0 Å². The number of Topliss-reactive ketones (excluding diaryl/α,β-unsaturated/α-hetero) is 1. The molecule has 0 aliphatic carbocycles. The Kier molecular flexibility index (Phi) is 4.16. The summed E-state index contributed by atoms with van der Waals surface area (Å²) >= 11 is 0. The molecule has 1 heterocycles. The minimum atomic E-state index is -0.681. The molecule has 0 bridgehead atoms. The van der Waals surface area contributed by atoms with Crippen LogP contribution in [-0.4, -0.2) is 37.6 Å². The molecule has 1 aromatic rings. The summed E-state index contributed by atoms with van der Waals surface area (Å²) in [5.41, 5.74) is 1.06. The van der Waals surface area contributed by atoms with Crippen LogP contribution in [0.3, 0.4) is 0 Å². The Morgan fingerprint density at radius 3 is 2.63 bits per heavy atom. The monoisotopic (exact) mass is 263 g/mol. The first-order valence-electron chi connectivity index (χ1n) is 6.16. The maximum absolute atomic E-state index is 11.7. The zero-order valence-electron chi connectivity index (χ0n) is 11.0. The van der Waals surface area contributed by atoms with Gasteiger partial charge in [-0.1, -0.05) is 12.1 Å². The predicted octanol–water partition coefficient (Wildman–Crippen LogP) is 0.710. The summed E-state index contributed by atoms with van der Waals surface area (Å²) in [5, 5.41) is 3.08. The van der Waals surface area contributed by atoms with Gasteiger partial charge < -0.3 is 14.8 Å². The van der Waals surface area contributed by atoms with Crippen LogP contribution in [-0.2, 0) is 20.7 Å². The molecule has 1 saturated heterocycles. The summed E-state index contributed by atoms with van der Waals surface area (Å²) in [6, 6.07) is 7.45. The molecule has 0 amide bonds. The van der Waals surface area contributed by atoms with Gasteiger partial charge in [-0.3, -0.25) is 9.59 Å². The molecule has 0 radical (unpaired) electrons. The minimum absolute atomic E-state index is 0.0753. The summed E-state index contributed by atoms with van der Waals surface area (Å²) in [6.45, 7) is 1.56. The van der Waals surface area contributed by atoms with Crippen molar-refractivity contribution in [2.45, 2.75) is 25.5 Å². The first-order valence-corrected chi connectivity index (χ1v) is 6.16. The van der Waals surface area contributed by atoms with Crippen molar-refractivity contribution in [2.24, 2.45) is 0 Å². The van der Waals surface area contributed by atoms with E-state index in [0.717, 1.165) is 11.3 Å². The molecule has 0 spiro atoms. The average Bonchev–Trinajstić information content (AvgIpc) is 2.72. The summed E-state index contributed by atoms with van der Waals surface area (Å²) in [5.74, 6) is 0.284. The number of esters is 1. The number of ether oxygens (including phenoxy) is 2. The highest BCUT2D eigenvalue weighted by Crippen LogP contribution is 2.17. The molecule has 1 N–H and O–H groups in total. The number of carbonyl (C=O) groups excluding carboxylic acids is 2. The zero-order valence-corrected chi connectivity index (χ0v) is 11.0. The van der Waals surface area contributed by atoms with Crippen LogP contribution >= 0.6 is 0 Å². The summed E-state index contributed by atoms with van der Waals surface area (Å²) < 4.78 is 10.2. The third kappa shape index (κ3) is 3.32. The smallest absolute Gasteiger partial charge is 0.303 e. The van der Waals surface area contributed by atoms with E-state index in [2.05, 4.69) is 5.32 Å². The summed E-state index contributed by atoms with van der Waals surface area (Å²) in [6.07, 6.45) is -0.0483. The maximum atomic E-state index is 11.7. The highest BCUT2D eigenvalue weighted by atomic mass is 16.5. The van der Waals surface area contributed by atoms with Crippen LogP contribution in [0.25, 0.3) is 0 Å². The highest BCUT2D eigenvalue weighted by Gasteiger charge is 2.36. The molecule has 5 nitrogen and oxygen atoms in total. The van der Waals surface area contributed by atoms with Crippen molar-refractivity contribution in [2.75, 3.05) is 13.7 Å². The molecule has 0 saturated carbocycles. The molecule has 2 atom stereocenters. The van der Waals surface area contributed by atoms with E-state index in [1.54, 1.807) is 7.11 Å². The molecule has 2 rings (SSSR count). The van der Waals surface area contributed by atoms with E-state index in [0.29, 0.717) is 6.42 Å². The molecule has 102 valence electrons. The van der Waals surface area contributed by atoms with E-state index >= 15 is 0 Å². The fourth-order valence-corrected chi connectivity index (χ4v) is 2.19.